The Morgan fingerprint density at radius 2 is 2.00 bits per heavy atom. The maximum Gasteiger partial charge on any atom is 0.338 e. The standard InChI is InChI=1S/C19H16ClFN4O5/c1-9(26)29-15-12(21)14(10-5-3-4-6-11(10)19(27)28-2)30-18(15)25-8-24-13-16(20)22-7-23-17(13)25/h3-8,12,14-15,18H,1-2H3/t12-,14-,15-,18-/m1/s1. The molecule has 0 unspecified atom stereocenters. The molecule has 9 nitrogen and oxygen atoms in total. The average molecular weight is 435 g/mol. The summed E-state index contributed by atoms with van der Waals surface area (Å²) in [6, 6.07) is 6.33. The van der Waals surface area contributed by atoms with E-state index in [4.69, 9.17) is 25.8 Å². The van der Waals surface area contributed by atoms with Gasteiger partial charge in [-0.15, -0.1) is 0 Å². The molecule has 30 heavy (non-hydrogen) atoms. The van der Waals surface area contributed by atoms with Crippen molar-refractivity contribution in [2.24, 2.45) is 0 Å². The highest BCUT2D eigenvalue weighted by atomic mass is 35.5. The number of nitrogens with zero attached hydrogens (tertiary/aromatic N) is 4. The molecule has 4 atom stereocenters. The normalized spacial score (nSPS) is 23.5. The summed E-state index contributed by atoms with van der Waals surface area (Å²) >= 11 is 6.04. The van der Waals surface area contributed by atoms with E-state index >= 15 is 4.39 Å². The smallest absolute Gasteiger partial charge is 0.338 e. The molecular weight excluding hydrogens is 419 g/mol. The number of carbonyl (C=O) groups excluding carboxylic acids is 2. The van der Waals surface area contributed by atoms with Gasteiger partial charge >= 0.3 is 11.9 Å². The molecule has 0 saturated carbocycles. The summed E-state index contributed by atoms with van der Waals surface area (Å²) < 4.78 is 32.9. The van der Waals surface area contributed by atoms with E-state index in [2.05, 4.69) is 15.0 Å². The lowest BCUT2D eigenvalue weighted by atomic mass is 9.98. The Bertz CT molecular complexity index is 1120. The SMILES string of the molecule is COC(=O)c1ccccc1[C@H]1O[C@@H](n2cnc3c(Cl)ncnc32)[C@H](OC(C)=O)[C@@H]1F. The van der Waals surface area contributed by atoms with Crippen LogP contribution in [0.5, 0.6) is 0 Å². The van der Waals surface area contributed by atoms with Gasteiger partial charge in [-0.2, -0.15) is 0 Å². The summed E-state index contributed by atoms with van der Waals surface area (Å²) in [5.74, 6) is -1.32. The Morgan fingerprint density at radius 1 is 1.23 bits per heavy atom. The number of aromatic nitrogens is 4. The van der Waals surface area contributed by atoms with Crippen LogP contribution in [0.15, 0.2) is 36.9 Å². The molecule has 0 aliphatic carbocycles. The number of imidazole rings is 1. The molecule has 1 aliphatic rings. The lowest BCUT2D eigenvalue weighted by molar-refractivity contribution is -0.154. The molecule has 1 aromatic carbocycles. The Hall–Kier alpha value is -3.11. The van der Waals surface area contributed by atoms with E-state index in [-0.39, 0.29) is 27.4 Å². The molecule has 0 bridgehead atoms. The van der Waals surface area contributed by atoms with E-state index in [1.165, 1.54) is 37.3 Å². The zero-order valence-corrected chi connectivity index (χ0v) is 16.6. The maximum atomic E-state index is 15.5. The number of rotatable bonds is 4. The Morgan fingerprint density at radius 3 is 2.73 bits per heavy atom. The number of halogens is 2. The van der Waals surface area contributed by atoms with Crippen LogP contribution in [0.25, 0.3) is 11.2 Å². The van der Waals surface area contributed by atoms with Gasteiger partial charge in [-0.3, -0.25) is 9.36 Å². The van der Waals surface area contributed by atoms with Crippen LogP contribution in [-0.4, -0.2) is 50.8 Å². The van der Waals surface area contributed by atoms with E-state index in [0.717, 1.165) is 0 Å². The molecule has 2 aromatic heterocycles. The van der Waals surface area contributed by atoms with Crippen LogP contribution < -0.4 is 0 Å². The summed E-state index contributed by atoms with van der Waals surface area (Å²) in [6.07, 6.45) is -2.81. The van der Waals surface area contributed by atoms with Gasteiger partial charge < -0.3 is 14.2 Å². The van der Waals surface area contributed by atoms with Crippen molar-refractivity contribution < 1.29 is 28.2 Å². The van der Waals surface area contributed by atoms with E-state index in [1.54, 1.807) is 18.2 Å². The van der Waals surface area contributed by atoms with Crippen LogP contribution in [0.2, 0.25) is 5.15 Å². The Kier molecular flexibility index (Phi) is 5.35. The molecule has 0 spiro atoms. The molecule has 3 aromatic rings. The zero-order chi connectivity index (χ0) is 21.4. The highest BCUT2D eigenvalue weighted by molar-refractivity contribution is 6.33. The minimum absolute atomic E-state index is 0.116. The molecule has 3 heterocycles. The topological polar surface area (TPSA) is 105 Å². The molecular formula is C19H16ClFN4O5. The predicted octanol–water partition coefficient (Wildman–Crippen LogP) is 2.81. The first-order valence-corrected chi connectivity index (χ1v) is 9.27. The van der Waals surface area contributed by atoms with E-state index in [1.807, 2.05) is 0 Å². The average Bonchev–Trinajstić information content (AvgIpc) is 3.30. The van der Waals surface area contributed by atoms with Crippen molar-refractivity contribution in [1.82, 2.24) is 19.5 Å². The van der Waals surface area contributed by atoms with Crippen molar-refractivity contribution in [1.29, 1.82) is 0 Å². The lowest BCUT2D eigenvalue weighted by Crippen LogP contribution is -2.31. The van der Waals surface area contributed by atoms with E-state index < -0.39 is 36.5 Å². The highest BCUT2D eigenvalue weighted by Gasteiger charge is 2.50. The van der Waals surface area contributed by atoms with Crippen LogP contribution in [-0.2, 0) is 19.0 Å². The van der Waals surface area contributed by atoms with Gasteiger partial charge in [-0.1, -0.05) is 29.8 Å². The fraction of sp³-hybridized carbons (Fsp3) is 0.316. The van der Waals surface area contributed by atoms with Crippen molar-refractivity contribution in [3.05, 3.63) is 53.2 Å². The van der Waals surface area contributed by atoms with Gasteiger partial charge in [0.25, 0.3) is 0 Å². The number of hydrogen-bond donors (Lipinski definition) is 0. The van der Waals surface area contributed by atoms with Gasteiger partial charge in [-0.05, 0) is 11.6 Å². The van der Waals surface area contributed by atoms with E-state index in [0.29, 0.717) is 0 Å². The molecule has 0 N–H and O–H groups in total. The van der Waals surface area contributed by atoms with Crippen LogP contribution in [0, 0.1) is 0 Å². The number of esters is 2. The summed E-state index contributed by atoms with van der Waals surface area (Å²) in [5.41, 5.74) is 0.994. The van der Waals surface area contributed by atoms with Crippen LogP contribution in [0.3, 0.4) is 0 Å². The van der Waals surface area contributed by atoms with Crippen LogP contribution in [0.4, 0.5) is 4.39 Å². The van der Waals surface area contributed by atoms with E-state index in [9.17, 15) is 9.59 Å². The fourth-order valence-corrected chi connectivity index (χ4v) is 3.64. The van der Waals surface area contributed by atoms with Gasteiger partial charge in [0.15, 0.2) is 29.3 Å². The number of carbonyl (C=O) groups is 2. The number of alkyl halides is 1. The first-order chi connectivity index (χ1) is 14.4. The number of fused-ring (bicyclic) bond motifs is 1. The quantitative estimate of drug-likeness (QED) is 0.456. The molecule has 1 aliphatic heterocycles. The van der Waals surface area contributed by atoms with Gasteiger partial charge in [-0.25, -0.2) is 24.1 Å². The van der Waals surface area contributed by atoms with Crippen molar-refractivity contribution in [3.8, 4) is 0 Å². The first-order valence-electron chi connectivity index (χ1n) is 8.89. The van der Waals surface area contributed by atoms with Gasteiger partial charge in [0.05, 0.1) is 19.0 Å². The van der Waals surface area contributed by atoms with Crippen LogP contribution in [0.1, 0.15) is 35.2 Å². The van der Waals surface area contributed by atoms with Crippen molar-refractivity contribution in [3.63, 3.8) is 0 Å². The largest absolute Gasteiger partial charge is 0.465 e. The number of methoxy groups -OCH3 is 1. The number of hydrogen-bond acceptors (Lipinski definition) is 8. The minimum atomic E-state index is -1.78. The molecule has 156 valence electrons. The molecule has 11 heteroatoms. The summed E-state index contributed by atoms with van der Waals surface area (Å²) in [4.78, 5) is 35.9. The second kappa shape index (κ2) is 7.96. The van der Waals surface area contributed by atoms with Gasteiger partial charge in [0.2, 0.25) is 0 Å². The second-order valence-electron chi connectivity index (χ2n) is 6.53. The second-order valence-corrected chi connectivity index (χ2v) is 6.89. The van der Waals surface area contributed by atoms with Gasteiger partial charge in [0, 0.05) is 6.92 Å². The predicted molar refractivity (Wildman–Crippen MR) is 101 cm³/mol. The molecule has 1 saturated heterocycles. The zero-order valence-electron chi connectivity index (χ0n) is 15.9. The first kappa shape index (κ1) is 20.2. The number of ether oxygens (including phenoxy) is 3. The van der Waals surface area contributed by atoms with Crippen LogP contribution >= 0.6 is 11.6 Å². The maximum absolute atomic E-state index is 15.5. The molecule has 1 fully saturated rings. The third kappa shape index (κ3) is 3.37. The minimum Gasteiger partial charge on any atom is -0.465 e. The third-order valence-electron chi connectivity index (χ3n) is 4.73. The third-order valence-corrected chi connectivity index (χ3v) is 5.01. The molecule has 0 radical (unpaired) electrons. The van der Waals surface area contributed by atoms with Crippen molar-refractivity contribution >= 4 is 34.7 Å². The van der Waals surface area contributed by atoms with Crippen molar-refractivity contribution in [2.75, 3.05) is 7.11 Å². The van der Waals surface area contributed by atoms with Gasteiger partial charge in [0.1, 0.15) is 17.9 Å². The summed E-state index contributed by atoms with van der Waals surface area (Å²) in [7, 11) is 1.23. The molecule has 0 amide bonds. The Labute approximate surface area is 174 Å². The monoisotopic (exact) mass is 434 g/mol. The summed E-state index contributed by atoms with van der Waals surface area (Å²) in [6.45, 7) is 1.17. The highest BCUT2D eigenvalue weighted by Crippen LogP contribution is 2.44. The number of benzene rings is 1. The van der Waals surface area contributed by atoms with Crippen molar-refractivity contribution in [2.45, 2.75) is 31.5 Å². The Balaban J connectivity index is 1.79. The lowest BCUT2D eigenvalue weighted by Gasteiger charge is -2.20. The fourth-order valence-electron chi connectivity index (χ4n) is 3.47. The molecule has 4 rings (SSSR count). The summed E-state index contributed by atoms with van der Waals surface area (Å²) in [5, 5.41) is 0.116.